The molecule has 0 radical (unpaired) electrons. The first kappa shape index (κ1) is 18.1. The summed E-state index contributed by atoms with van der Waals surface area (Å²) in [7, 11) is 1.65. The minimum Gasteiger partial charge on any atom is -0.389 e. The number of morpholine rings is 1. The predicted molar refractivity (Wildman–Crippen MR) is 95.9 cm³/mol. The zero-order chi connectivity index (χ0) is 19.3. The fourth-order valence-corrected chi connectivity index (χ4v) is 3.54. The minimum absolute atomic E-state index is 0.192. The third-order valence-corrected chi connectivity index (χ3v) is 5.26. The summed E-state index contributed by atoms with van der Waals surface area (Å²) in [6.07, 6.45) is 1.83. The predicted octanol–water partition coefficient (Wildman–Crippen LogP) is 0.676. The van der Waals surface area contributed by atoms with Gasteiger partial charge in [0, 0.05) is 43.6 Å². The minimum atomic E-state index is -0.646. The fourth-order valence-electron chi connectivity index (χ4n) is 3.54. The van der Waals surface area contributed by atoms with E-state index in [0.717, 1.165) is 18.8 Å². The Balaban J connectivity index is 1.57. The molecule has 1 aromatic heterocycles. The van der Waals surface area contributed by atoms with E-state index in [2.05, 4.69) is 9.89 Å². The average molecular weight is 376 g/mol. The Morgan fingerprint density at radius 3 is 2.59 bits per heavy atom. The molecule has 0 aliphatic carbocycles. The lowest BCUT2D eigenvalue weighted by molar-refractivity contribution is -0.679. The number of nitrogens with zero attached hydrogens (tertiary/aromatic N) is 5. The van der Waals surface area contributed by atoms with E-state index in [0.29, 0.717) is 38.2 Å². The van der Waals surface area contributed by atoms with Crippen LogP contribution in [0.2, 0.25) is 0 Å². The van der Waals surface area contributed by atoms with Crippen LogP contribution in [0, 0.1) is 0 Å². The number of amidine groups is 1. The number of fused-ring (bicyclic) bond motifs is 3. The van der Waals surface area contributed by atoms with Gasteiger partial charge in [-0.15, -0.1) is 0 Å². The molecule has 2 fully saturated rings. The van der Waals surface area contributed by atoms with Gasteiger partial charge in [-0.2, -0.15) is 4.57 Å². The van der Waals surface area contributed by atoms with E-state index in [1.807, 2.05) is 27.0 Å². The number of carbonyl (C=O) groups excluding carboxylic acids is 2. The summed E-state index contributed by atoms with van der Waals surface area (Å²) in [5.74, 6) is 0.925. The van der Waals surface area contributed by atoms with Crippen molar-refractivity contribution in [2.75, 3.05) is 46.4 Å². The van der Waals surface area contributed by atoms with E-state index in [4.69, 9.17) is 9.15 Å². The number of likely N-dealkylation sites (N-methyl/N-ethyl adjacent to an activating group) is 1. The number of hydrogen-bond donors (Lipinski definition) is 0. The largest absolute Gasteiger partial charge is 0.506 e. The van der Waals surface area contributed by atoms with Gasteiger partial charge in [-0.1, -0.05) is 20.8 Å². The molecule has 146 valence electrons. The molecule has 0 aromatic carbocycles. The van der Waals surface area contributed by atoms with Crippen LogP contribution >= 0.6 is 0 Å². The van der Waals surface area contributed by atoms with Crippen molar-refractivity contribution in [3.8, 4) is 0 Å². The summed E-state index contributed by atoms with van der Waals surface area (Å²) < 4.78 is 12.9. The molecule has 4 heterocycles. The smallest absolute Gasteiger partial charge is 0.389 e. The lowest BCUT2D eigenvalue weighted by atomic mass is 9.94. The van der Waals surface area contributed by atoms with Crippen molar-refractivity contribution in [3.63, 3.8) is 0 Å². The third-order valence-electron chi connectivity index (χ3n) is 5.26. The van der Waals surface area contributed by atoms with Crippen molar-refractivity contribution in [1.82, 2.24) is 14.7 Å². The Labute approximate surface area is 158 Å². The van der Waals surface area contributed by atoms with E-state index in [1.54, 1.807) is 11.6 Å². The maximum Gasteiger partial charge on any atom is 0.506 e. The number of urea groups is 1. The maximum atomic E-state index is 13.1. The monoisotopic (exact) mass is 376 g/mol. The lowest BCUT2D eigenvalue weighted by Crippen LogP contribution is -2.63. The molecule has 0 N–H and O–H groups in total. The quantitative estimate of drug-likeness (QED) is 0.725. The summed E-state index contributed by atoms with van der Waals surface area (Å²) in [5.41, 5.74) is -0.192. The highest BCUT2D eigenvalue weighted by Crippen LogP contribution is 2.32. The van der Waals surface area contributed by atoms with Crippen molar-refractivity contribution >= 4 is 23.8 Å². The highest BCUT2D eigenvalue weighted by atomic mass is 16.5. The Hall–Kier alpha value is -2.26. The van der Waals surface area contributed by atoms with Crippen molar-refractivity contribution in [2.45, 2.75) is 32.2 Å². The second kappa shape index (κ2) is 6.42. The normalized spacial score (nSPS) is 23.6. The number of oxazole rings is 1. The van der Waals surface area contributed by atoms with E-state index in [-0.39, 0.29) is 17.4 Å². The van der Waals surface area contributed by atoms with Crippen molar-refractivity contribution in [1.29, 1.82) is 0 Å². The van der Waals surface area contributed by atoms with E-state index in [9.17, 15) is 9.59 Å². The Bertz CT molecular complexity index is 803. The topological polar surface area (TPSA) is 82.5 Å². The van der Waals surface area contributed by atoms with Crippen LogP contribution in [-0.2, 0) is 14.9 Å². The second-order valence-corrected chi connectivity index (χ2v) is 8.19. The van der Waals surface area contributed by atoms with Gasteiger partial charge in [0.2, 0.25) is 0 Å². The zero-order valence-electron chi connectivity index (χ0n) is 16.3. The van der Waals surface area contributed by atoms with Crippen LogP contribution in [0.25, 0.3) is 0 Å². The Kier molecular flexibility index (Phi) is 4.31. The van der Waals surface area contributed by atoms with Crippen molar-refractivity contribution in [3.05, 3.63) is 12.0 Å². The number of aliphatic imine (C=N–C) groups is 1. The number of aromatic nitrogens is 1. The molecule has 2 saturated heterocycles. The van der Waals surface area contributed by atoms with Crippen LogP contribution in [0.1, 0.15) is 32.6 Å². The number of imide groups is 1. The molecule has 27 heavy (non-hydrogen) atoms. The molecule has 0 spiro atoms. The van der Waals surface area contributed by atoms with Gasteiger partial charge in [-0.25, -0.2) is 4.79 Å². The molecule has 1 unspecified atom stereocenters. The van der Waals surface area contributed by atoms with Gasteiger partial charge >= 0.3 is 12.0 Å². The molecule has 3 aliphatic rings. The average Bonchev–Trinajstić information content (AvgIpc) is 3.18. The van der Waals surface area contributed by atoms with Crippen LogP contribution in [0.5, 0.6) is 0 Å². The van der Waals surface area contributed by atoms with Crippen LogP contribution in [0.15, 0.2) is 15.6 Å². The first-order valence-electron chi connectivity index (χ1n) is 9.30. The summed E-state index contributed by atoms with van der Waals surface area (Å²) >= 11 is 0. The molecule has 9 heteroatoms. The second-order valence-electron chi connectivity index (χ2n) is 8.19. The van der Waals surface area contributed by atoms with E-state index < -0.39 is 6.04 Å². The molecular weight excluding hydrogens is 350 g/mol. The fraction of sp³-hybridized carbons (Fsp3) is 0.667. The number of amides is 3. The van der Waals surface area contributed by atoms with Crippen molar-refractivity contribution < 1.29 is 23.3 Å². The van der Waals surface area contributed by atoms with Crippen LogP contribution < -0.4 is 4.57 Å². The number of hydrogen-bond acceptors (Lipinski definition) is 6. The van der Waals surface area contributed by atoms with E-state index >= 15 is 0 Å². The van der Waals surface area contributed by atoms with Gasteiger partial charge in [0.15, 0.2) is 5.76 Å². The summed E-state index contributed by atoms with van der Waals surface area (Å²) in [6, 6.07) is -0.625. The van der Waals surface area contributed by atoms with Crippen molar-refractivity contribution in [2.24, 2.45) is 4.99 Å². The van der Waals surface area contributed by atoms with Gasteiger partial charge < -0.3 is 9.15 Å². The summed E-state index contributed by atoms with van der Waals surface area (Å²) in [4.78, 5) is 35.3. The maximum absolute atomic E-state index is 13.1. The molecule has 0 bridgehead atoms. The van der Waals surface area contributed by atoms with Gasteiger partial charge in [0.25, 0.3) is 17.8 Å². The molecular formula is C18H26N5O4+. The van der Waals surface area contributed by atoms with Crippen LogP contribution in [0.4, 0.5) is 10.8 Å². The Morgan fingerprint density at radius 2 is 1.93 bits per heavy atom. The molecule has 1 aromatic rings. The van der Waals surface area contributed by atoms with Gasteiger partial charge in [0.1, 0.15) is 6.20 Å². The third kappa shape index (κ3) is 3.04. The molecule has 4 rings (SSSR count). The van der Waals surface area contributed by atoms with Crippen LogP contribution in [-0.4, -0.2) is 78.9 Å². The molecule has 3 aliphatic heterocycles. The summed E-state index contributed by atoms with van der Waals surface area (Å²) in [5, 5.41) is 0. The van der Waals surface area contributed by atoms with Gasteiger partial charge in [-0.05, 0) is 0 Å². The van der Waals surface area contributed by atoms with Gasteiger partial charge in [-0.3, -0.25) is 19.5 Å². The Morgan fingerprint density at radius 1 is 1.22 bits per heavy atom. The first-order chi connectivity index (χ1) is 12.8. The van der Waals surface area contributed by atoms with Gasteiger partial charge in [0.05, 0.1) is 13.2 Å². The number of rotatable bonds is 3. The van der Waals surface area contributed by atoms with Crippen LogP contribution in [0.3, 0.4) is 0 Å². The lowest BCUT2D eigenvalue weighted by Gasteiger charge is -2.34. The molecule has 0 saturated carbocycles. The SMILES string of the molecule is CN1C(=O)N(CCN2CCOCC2)C(=O)C2C1=Nc1oc(C(C)(C)C)c[n+]12. The summed E-state index contributed by atoms with van der Waals surface area (Å²) in [6.45, 7) is 10.1. The number of carbonyl (C=O) groups is 2. The number of ether oxygens (including phenoxy) is 1. The molecule has 1 atom stereocenters. The first-order valence-corrected chi connectivity index (χ1v) is 9.30. The van der Waals surface area contributed by atoms with E-state index in [1.165, 1.54) is 9.80 Å². The zero-order valence-corrected chi connectivity index (χ0v) is 16.3. The molecule has 9 nitrogen and oxygen atoms in total. The highest BCUT2D eigenvalue weighted by Gasteiger charge is 2.55. The standard InChI is InChI=1S/C18H26N5O4/c1-18(2,3)12-11-23-13-14(19-16(23)27-12)20(4)17(25)22(15(13)24)6-5-21-7-9-26-10-8-21/h11,13H,5-10H2,1-4H3/q+1. The molecule has 3 amide bonds. The highest BCUT2D eigenvalue weighted by molar-refractivity contribution is 6.18.